The summed E-state index contributed by atoms with van der Waals surface area (Å²) in [5.41, 5.74) is 2.39. The molecule has 0 spiro atoms. The summed E-state index contributed by atoms with van der Waals surface area (Å²) >= 11 is 0.927. The van der Waals surface area contributed by atoms with Crippen LogP contribution in [0.4, 0.5) is 4.39 Å². The van der Waals surface area contributed by atoms with Gasteiger partial charge in [0.25, 0.3) is 0 Å². The van der Waals surface area contributed by atoms with Gasteiger partial charge in [-0.3, -0.25) is 4.79 Å². The first-order valence-electron chi connectivity index (χ1n) is 6.98. The molecule has 1 amide bonds. The molecule has 1 aliphatic rings. The van der Waals surface area contributed by atoms with E-state index in [-0.39, 0.29) is 23.3 Å². The summed E-state index contributed by atoms with van der Waals surface area (Å²) < 4.78 is 37.9. The number of halogens is 1. The van der Waals surface area contributed by atoms with Crippen molar-refractivity contribution in [2.75, 3.05) is 18.8 Å². The molecule has 1 saturated heterocycles. The minimum absolute atomic E-state index is 0.0312. The Bertz CT molecular complexity index is 657. The summed E-state index contributed by atoms with van der Waals surface area (Å²) in [7, 11) is -3.27. The lowest BCUT2D eigenvalue weighted by atomic mass is 9.99. The van der Waals surface area contributed by atoms with Gasteiger partial charge in [-0.15, -0.1) is 11.3 Å². The van der Waals surface area contributed by atoms with Crippen molar-refractivity contribution in [3.8, 4) is 0 Å². The lowest BCUT2D eigenvalue weighted by Gasteiger charge is -2.30. The van der Waals surface area contributed by atoms with Gasteiger partial charge in [0.2, 0.25) is 15.9 Å². The molecule has 1 fully saturated rings. The number of hydrogen-bond acceptors (Lipinski definition) is 5. The number of carbonyl (C=O) groups is 1. The predicted molar refractivity (Wildman–Crippen MR) is 83.8 cm³/mol. The Balaban J connectivity index is 1.91. The fourth-order valence-electron chi connectivity index (χ4n) is 2.24. The summed E-state index contributed by atoms with van der Waals surface area (Å²) in [4.78, 5) is 12.6. The molecule has 9 heteroatoms. The van der Waals surface area contributed by atoms with Crippen molar-refractivity contribution in [2.45, 2.75) is 19.8 Å². The van der Waals surface area contributed by atoms with E-state index in [1.54, 1.807) is 13.0 Å². The topological polar surface area (TPSA) is 78.8 Å². The molecular weight excluding hydrogens is 329 g/mol. The quantitative estimate of drug-likeness (QED) is 0.646. The predicted octanol–water partition coefficient (Wildman–Crippen LogP) is 1.40. The maximum Gasteiger partial charge on any atom is 0.244 e. The Kier molecular flexibility index (Phi) is 5.65. The van der Waals surface area contributed by atoms with E-state index in [2.05, 4.69) is 10.5 Å². The Morgan fingerprint density at radius 2 is 2.36 bits per heavy atom. The van der Waals surface area contributed by atoms with Crippen molar-refractivity contribution in [3.05, 3.63) is 22.1 Å². The Morgan fingerprint density at radius 1 is 1.59 bits per heavy atom. The van der Waals surface area contributed by atoms with Crippen molar-refractivity contribution in [3.63, 3.8) is 0 Å². The minimum atomic E-state index is -3.27. The van der Waals surface area contributed by atoms with E-state index < -0.39 is 15.9 Å². The second-order valence-electron chi connectivity index (χ2n) is 4.97. The fraction of sp³-hybridized carbons (Fsp3) is 0.538. The average molecular weight is 347 g/mol. The second kappa shape index (κ2) is 7.30. The maximum absolute atomic E-state index is 12.8. The Hall–Kier alpha value is -1.32. The summed E-state index contributed by atoms with van der Waals surface area (Å²) in [6, 6.07) is 2.88. The van der Waals surface area contributed by atoms with Gasteiger partial charge in [-0.05, 0) is 31.9 Å². The summed E-state index contributed by atoms with van der Waals surface area (Å²) in [5.74, 6) is -0.694. The van der Waals surface area contributed by atoms with Crippen LogP contribution in [0.5, 0.6) is 0 Å². The molecule has 1 aliphatic heterocycles. The normalized spacial score (nSPS) is 20.4. The van der Waals surface area contributed by atoms with Crippen LogP contribution < -0.4 is 5.43 Å². The largest absolute Gasteiger partial charge is 0.273 e. The van der Waals surface area contributed by atoms with Gasteiger partial charge < -0.3 is 0 Å². The molecule has 0 aromatic carbocycles. The van der Waals surface area contributed by atoms with E-state index in [0.717, 1.165) is 11.3 Å². The molecule has 1 aromatic heterocycles. The first-order valence-corrected chi connectivity index (χ1v) is 9.41. The number of nitrogens with one attached hydrogen (secondary N) is 1. The number of hydrogen-bond donors (Lipinski definition) is 1. The summed E-state index contributed by atoms with van der Waals surface area (Å²) in [6.07, 6.45) is 2.65. The van der Waals surface area contributed by atoms with Gasteiger partial charge in [0.1, 0.15) is 0 Å². The number of thiophene rings is 1. The first-order chi connectivity index (χ1) is 10.4. The molecule has 1 N–H and O–H groups in total. The second-order valence-corrected chi connectivity index (χ2v) is 8.30. The number of amides is 1. The van der Waals surface area contributed by atoms with E-state index in [1.807, 2.05) is 0 Å². The molecule has 0 radical (unpaired) electrons. The molecule has 2 heterocycles. The van der Waals surface area contributed by atoms with Crippen LogP contribution in [0, 0.1) is 11.0 Å². The van der Waals surface area contributed by atoms with Crippen LogP contribution in [0.2, 0.25) is 0 Å². The van der Waals surface area contributed by atoms with Crippen LogP contribution in [0.25, 0.3) is 0 Å². The third kappa shape index (κ3) is 4.34. The van der Waals surface area contributed by atoms with Gasteiger partial charge in [-0.1, -0.05) is 0 Å². The number of sulfonamides is 1. The first kappa shape index (κ1) is 17.0. The molecule has 6 nitrogen and oxygen atoms in total. The van der Waals surface area contributed by atoms with E-state index >= 15 is 0 Å². The smallest absolute Gasteiger partial charge is 0.244 e. The van der Waals surface area contributed by atoms with Crippen LogP contribution >= 0.6 is 11.3 Å². The monoisotopic (exact) mass is 347 g/mol. The molecule has 2 rings (SSSR count). The Morgan fingerprint density at radius 3 is 3.00 bits per heavy atom. The molecular formula is C13H18FN3O3S2. The van der Waals surface area contributed by atoms with E-state index in [1.165, 1.54) is 16.6 Å². The van der Waals surface area contributed by atoms with Crippen LogP contribution in [0.15, 0.2) is 17.2 Å². The van der Waals surface area contributed by atoms with Crippen LogP contribution in [0.3, 0.4) is 0 Å². The highest BCUT2D eigenvalue weighted by Gasteiger charge is 2.31. The van der Waals surface area contributed by atoms with E-state index in [0.29, 0.717) is 24.3 Å². The Labute approximate surface area is 133 Å². The van der Waals surface area contributed by atoms with Crippen molar-refractivity contribution in [2.24, 2.45) is 11.0 Å². The number of hydrazone groups is 1. The SMILES string of the molecule is CCS(=O)(=O)N1CCCC(C(=O)NN=Cc2ccc(F)s2)C1. The van der Waals surface area contributed by atoms with Crippen molar-refractivity contribution < 1.29 is 17.6 Å². The van der Waals surface area contributed by atoms with Gasteiger partial charge in [0, 0.05) is 13.1 Å². The van der Waals surface area contributed by atoms with Crippen LogP contribution in [-0.2, 0) is 14.8 Å². The van der Waals surface area contributed by atoms with Gasteiger partial charge >= 0.3 is 0 Å². The van der Waals surface area contributed by atoms with Crippen molar-refractivity contribution >= 4 is 33.5 Å². The zero-order valence-corrected chi connectivity index (χ0v) is 13.8. The lowest BCUT2D eigenvalue weighted by Crippen LogP contribution is -2.45. The zero-order chi connectivity index (χ0) is 16.2. The molecule has 0 saturated carbocycles. The third-order valence-corrected chi connectivity index (χ3v) is 6.13. The third-order valence-electron chi connectivity index (χ3n) is 3.47. The standard InChI is InChI=1S/C13H18FN3O3S2/c1-2-22(19,20)17-7-3-4-10(9-17)13(18)16-15-8-11-5-6-12(14)21-11/h5-6,8,10H,2-4,7,9H2,1H3,(H,16,18). The molecule has 0 bridgehead atoms. The highest BCUT2D eigenvalue weighted by Crippen LogP contribution is 2.19. The molecule has 1 unspecified atom stereocenters. The van der Waals surface area contributed by atoms with Gasteiger partial charge in [-0.25, -0.2) is 18.1 Å². The number of piperidine rings is 1. The molecule has 22 heavy (non-hydrogen) atoms. The lowest BCUT2D eigenvalue weighted by molar-refractivity contribution is -0.126. The van der Waals surface area contributed by atoms with E-state index in [4.69, 9.17) is 0 Å². The van der Waals surface area contributed by atoms with Crippen molar-refractivity contribution in [1.29, 1.82) is 0 Å². The number of carbonyl (C=O) groups excluding carboxylic acids is 1. The van der Waals surface area contributed by atoms with Gasteiger partial charge in [-0.2, -0.15) is 9.49 Å². The minimum Gasteiger partial charge on any atom is -0.273 e. The van der Waals surface area contributed by atoms with Gasteiger partial charge in [0.15, 0.2) is 5.13 Å². The molecule has 122 valence electrons. The van der Waals surface area contributed by atoms with Crippen molar-refractivity contribution in [1.82, 2.24) is 9.73 Å². The highest BCUT2D eigenvalue weighted by molar-refractivity contribution is 7.89. The molecule has 0 aliphatic carbocycles. The summed E-state index contributed by atoms with van der Waals surface area (Å²) in [6.45, 7) is 2.23. The van der Waals surface area contributed by atoms with Gasteiger partial charge in [0.05, 0.1) is 22.8 Å². The van der Waals surface area contributed by atoms with E-state index in [9.17, 15) is 17.6 Å². The fourth-order valence-corrected chi connectivity index (χ4v) is 4.02. The average Bonchev–Trinajstić information content (AvgIpc) is 2.92. The van der Waals surface area contributed by atoms with Crippen LogP contribution in [0.1, 0.15) is 24.6 Å². The highest BCUT2D eigenvalue weighted by atomic mass is 32.2. The zero-order valence-electron chi connectivity index (χ0n) is 12.2. The molecule has 1 atom stereocenters. The molecule has 1 aromatic rings. The maximum atomic E-state index is 12.8. The number of nitrogens with zero attached hydrogens (tertiary/aromatic N) is 2. The van der Waals surface area contributed by atoms with Crippen LogP contribution in [-0.4, -0.2) is 43.7 Å². The summed E-state index contributed by atoms with van der Waals surface area (Å²) in [5, 5.41) is 3.47. The number of rotatable bonds is 5.